The molecule has 1 aromatic rings. The van der Waals surface area contributed by atoms with Gasteiger partial charge in [-0.2, -0.15) is 0 Å². The maximum absolute atomic E-state index is 14.0. The Labute approximate surface area is 240 Å². The summed E-state index contributed by atoms with van der Waals surface area (Å²) in [6, 6.07) is 2.34. The molecule has 5 rings (SSSR count). The van der Waals surface area contributed by atoms with Crippen LogP contribution in [0.3, 0.4) is 0 Å². The molecule has 226 valence electrons. The molecule has 0 radical (unpaired) electrons. The van der Waals surface area contributed by atoms with Crippen molar-refractivity contribution < 1.29 is 18.3 Å². The maximum Gasteiger partial charge on any atom is 0.183 e. The van der Waals surface area contributed by atoms with E-state index in [2.05, 4.69) is 27.7 Å². The molecule has 0 spiro atoms. The minimum Gasteiger partial charge on any atom is -0.395 e. The van der Waals surface area contributed by atoms with Crippen LogP contribution in [0.5, 0.6) is 0 Å². The number of anilines is 2. The molecule has 0 heterocycles. The van der Waals surface area contributed by atoms with Crippen LogP contribution < -0.4 is 16.6 Å². The quantitative estimate of drug-likeness (QED) is 0.204. The first-order valence-corrected chi connectivity index (χ1v) is 15.9. The lowest BCUT2D eigenvalue weighted by molar-refractivity contribution is -0.163. The molecule has 0 aromatic heterocycles. The van der Waals surface area contributed by atoms with Gasteiger partial charge in [0.05, 0.1) is 30.6 Å². The van der Waals surface area contributed by atoms with E-state index in [9.17, 15) is 13.6 Å². The van der Waals surface area contributed by atoms with Gasteiger partial charge in [0.25, 0.3) is 0 Å². The largest absolute Gasteiger partial charge is 0.395 e. The second kappa shape index (κ2) is 12.2. The average Bonchev–Trinajstić information content (AvgIpc) is 3.29. The van der Waals surface area contributed by atoms with E-state index < -0.39 is 11.6 Å². The van der Waals surface area contributed by atoms with Crippen LogP contribution >= 0.6 is 0 Å². The van der Waals surface area contributed by atoms with Crippen LogP contribution in [0.15, 0.2) is 12.1 Å². The van der Waals surface area contributed by atoms with E-state index in [-0.39, 0.29) is 46.6 Å². The Kier molecular flexibility index (Phi) is 9.56. The van der Waals surface area contributed by atoms with E-state index in [4.69, 9.17) is 16.3 Å². The Morgan fingerprint density at radius 1 is 1.07 bits per heavy atom. The third-order valence-corrected chi connectivity index (χ3v) is 11.4. The van der Waals surface area contributed by atoms with Crippen LogP contribution in [0.2, 0.25) is 0 Å². The molecule has 7 heteroatoms. The van der Waals surface area contributed by atoms with Gasteiger partial charge in [0.15, 0.2) is 17.4 Å². The van der Waals surface area contributed by atoms with Gasteiger partial charge in [0, 0.05) is 5.92 Å². The van der Waals surface area contributed by atoms with Gasteiger partial charge in [-0.25, -0.2) is 14.6 Å². The fraction of sp³-hybridized carbons (Fsp3) is 0.788. The fourth-order valence-electron chi connectivity index (χ4n) is 9.57. The first kappa shape index (κ1) is 31.2. The number of carbonyl (C=O) groups excluding carboxylic acids is 1. The number of Topliss-reactive ketones (excluding diaryl/α,β-unsaturated/α-hetero) is 1. The molecule has 5 nitrogen and oxygen atoms in total. The number of benzene rings is 1. The highest BCUT2D eigenvalue weighted by molar-refractivity contribution is 5.87. The molecule has 0 saturated heterocycles. The fourth-order valence-corrected chi connectivity index (χ4v) is 9.57. The van der Waals surface area contributed by atoms with Crippen LogP contribution in [0.1, 0.15) is 99.3 Å². The molecule has 1 aromatic carbocycles. The van der Waals surface area contributed by atoms with Gasteiger partial charge >= 0.3 is 0 Å². The number of fused-ring (bicyclic) bond motifs is 5. The monoisotopic (exact) mass is 561 g/mol. The summed E-state index contributed by atoms with van der Waals surface area (Å²) in [6.07, 6.45) is 10.9. The van der Waals surface area contributed by atoms with Crippen LogP contribution in [-0.2, 0) is 9.53 Å². The minimum atomic E-state index is -1.13. The van der Waals surface area contributed by atoms with Gasteiger partial charge in [-0.15, -0.1) is 0 Å². The number of hydrogen-bond donors (Lipinski definition) is 2. The number of carbonyl (C=O) groups is 1. The lowest BCUT2D eigenvalue weighted by Gasteiger charge is -2.62. The number of halogens is 2. The highest BCUT2D eigenvalue weighted by Crippen LogP contribution is 2.68. The SMILES string of the molecule is CC.CC1CCC2(COC(C)C)C(CCC3C4CCC(C(=O)CN(N)c5ccc(F)c(F)c5N)C4(C)CCC32)C1. The lowest BCUT2D eigenvalue weighted by atomic mass is 9.44. The van der Waals surface area contributed by atoms with Crippen molar-refractivity contribution in [1.29, 1.82) is 0 Å². The number of nitrogens with two attached hydrogens (primary N) is 2. The number of nitrogens with zero attached hydrogens (tertiary/aromatic N) is 1. The number of nitrogen functional groups attached to an aromatic ring is 1. The predicted molar refractivity (Wildman–Crippen MR) is 158 cm³/mol. The van der Waals surface area contributed by atoms with Crippen molar-refractivity contribution in [3.8, 4) is 0 Å². The van der Waals surface area contributed by atoms with Crippen molar-refractivity contribution >= 4 is 17.2 Å². The van der Waals surface area contributed by atoms with E-state index in [0.29, 0.717) is 17.8 Å². The van der Waals surface area contributed by atoms with Gasteiger partial charge in [0.1, 0.15) is 0 Å². The Balaban J connectivity index is 0.00000181. The Morgan fingerprint density at radius 3 is 2.50 bits per heavy atom. The van der Waals surface area contributed by atoms with Crippen LogP contribution in [0, 0.1) is 58.0 Å². The normalized spacial score (nSPS) is 36.6. The second-order valence-electron chi connectivity index (χ2n) is 13.7. The summed E-state index contributed by atoms with van der Waals surface area (Å²) in [6.45, 7) is 13.9. The topological polar surface area (TPSA) is 81.6 Å². The Morgan fingerprint density at radius 2 is 1.80 bits per heavy atom. The highest BCUT2D eigenvalue weighted by Gasteiger charge is 2.62. The summed E-state index contributed by atoms with van der Waals surface area (Å²) >= 11 is 0. The zero-order chi connectivity index (χ0) is 29.4. The molecule has 8 atom stereocenters. The van der Waals surface area contributed by atoms with Crippen molar-refractivity contribution in [2.45, 2.75) is 105 Å². The smallest absolute Gasteiger partial charge is 0.183 e. The number of ketones is 1. The zero-order valence-corrected chi connectivity index (χ0v) is 25.6. The predicted octanol–water partition coefficient (Wildman–Crippen LogP) is 7.52. The summed E-state index contributed by atoms with van der Waals surface area (Å²) in [4.78, 5) is 13.7. The zero-order valence-electron chi connectivity index (χ0n) is 25.6. The third-order valence-electron chi connectivity index (χ3n) is 11.4. The van der Waals surface area contributed by atoms with E-state index in [1.54, 1.807) is 0 Å². The van der Waals surface area contributed by atoms with Gasteiger partial charge in [-0.1, -0.05) is 34.1 Å². The molecule has 4 aliphatic rings. The molecule has 0 aliphatic heterocycles. The summed E-state index contributed by atoms with van der Waals surface area (Å²) in [5.74, 6) is 7.45. The first-order valence-electron chi connectivity index (χ1n) is 15.9. The van der Waals surface area contributed by atoms with Gasteiger partial charge < -0.3 is 15.5 Å². The van der Waals surface area contributed by atoms with E-state index in [1.165, 1.54) is 43.2 Å². The molecule has 40 heavy (non-hydrogen) atoms. The Bertz CT molecular complexity index is 1050. The number of rotatable bonds is 7. The molecule has 4 fully saturated rings. The van der Waals surface area contributed by atoms with Crippen LogP contribution in [-0.4, -0.2) is 25.0 Å². The molecule has 8 unspecified atom stereocenters. The minimum absolute atomic E-state index is 0.0480. The summed E-state index contributed by atoms with van der Waals surface area (Å²) in [5.41, 5.74) is 5.80. The molecule has 0 amide bonds. The molecular formula is C33H53F2N3O2. The molecule has 4 saturated carbocycles. The van der Waals surface area contributed by atoms with Crippen molar-refractivity contribution in [3.05, 3.63) is 23.8 Å². The van der Waals surface area contributed by atoms with E-state index >= 15 is 0 Å². The lowest BCUT2D eigenvalue weighted by Crippen LogP contribution is -2.57. The highest BCUT2D eigenvalue weighted by atomic mass is 19.2. The van der Waals surface area contributed by atoms with Gasteiger partial charge in [-0.3, -0.25) is 4.79 Å². The van der Waals surface area contributed by atoms with Crippen molar-refractivity contribution in [2.24, 2.45) is 52.2 Å². The molecule has 0 bridgehead atoms. The van der Waals surface area contributed by atoms with Crippen molar-refractivity contribution in [3.63, 3.8) is 0 Å². The standard InChI is InChI=1S/C31H47F2N3O2.C2H6/c1-18(2)38-17-31-14-11-19(3)15-20(31)5-6-21-22-7-8-24(30(22,4)13-12-23(21)31)27(37)16-36(35)26-10-9-25(32)28(33)29(26)34;1-2/h9-10,18-24H,5-8,11-17,34-35H2,1-4H3;1-2H3. The second-order valence-corrected chi connectivity index (χ2v) is 13.7. The van der Waals surface area contributed by atoms with Crippen molar-refractivity contribution in [2.75, 3.05) is 23.9 Å². The summed E-state index contributed by atoms with van der Waals surface area (Å²) in [5, 5.41) is 1.19. The molecular weight excluding hydrogens is 508 g/mol. The van der Waals surface area contributed by atoms with Crippen LogP contribution in [0.4, 0.5) is 20.2 Å². The Hall–Kier alpha value is -1.73. The average molecular weight is 562 g/mol. The van der Waals surface area contributed by atoms with Crippen molar-refractivity contribution in [1.82, 2.24) is 0 Å². The van der Waals surface area contributed by atoms with Gasteiger partial charge in [-0.05, 0) is 118 Å². The number of hydrogen-bond acceptors (Lipinski definition) is 5. The molecule has 4 aliphatic carbocycles. The molecule has 4 N–H and O–H groups in total. The number of hydrazine groups is 1. The van der Waals surface area contributed by atoms with E-state index in [1.807, 2.05) is 13.8 Å². The van der Waals surface area contributed by atoms with E-state index in [0.717, 1.165) is 50.2 Å². The summed E-state index contributed by atoms with van der Waals surface area (Å²) < 4.78 is 34.0. The number of ether oxygens (including phenoxy) is 1. The van der Waals surface area contributed by atoms with Crippen LogP contribution in [0.25, 0.3) is 0 Å². The first-order chi connectivity index (χ1) is 19.0. The summed E-state index contributed by atoms with van der Waals surface area (Å²) in [7, 11) is 0. The third kappa shape index (κ3) is 5.42. The van der Waals surface area contributed by atoms with Gasteiger partial charge in [0.2, 0.25) is 0 Å². The maximum atomic E-state index is 14.0.